The number of piperidine rings is 1. The zero-order chi connectivity index (χ0) is 14.7. The Morgan fingerprint density at radius 1 is 1.55 bits per heavy atom. The van der Waals surface area contributed by atoms with Crippen LogP contribution < -0.4 is 5.32 Å². The first kappa shape index (κ1) is 15.6. The third-order valence-corrected chi connectivity index (χ3v) is 4.28. The van der Waals surface area contributed by atoms with Crippen molar-refractivity contribution < 1.29 is 4.79 Å². The SMILES string of the molecule is CC(C)n1cc(Br)cc1C(=O)N(C)CC1CCCCN1. The average molecular weight is 342 g/mol. The normalized spacial score (nSPS) is 19.4. The third-order valence-electron chi connectivity index (χ3n) is 3.84. The zero-order valence-corrected chi connectivity index (χ0v) is 14.1. The molecule has 5 heteroatoms. The highest BCUT2D eigenvalue weighted by Crippen LogP contribution is 2.21. The van der Waals surface area contributed by atoms with E-state index in [0.717, 1.165) is 29.7 Å². The Morgan fingerprint density at radius 2 is 2.30 bits per heavy atom. The van der Waals surface area contributed by atoms with Crippen molar-refractivity contribution in [3.05, 3.63) is 22.4 Å². The van der Waals surface area contributed by atoms with Crippen LogP contribution in [-0.4, -0.2) is 41.6 Å². The summed E-state index contributed by atoms with van der Waals surface area (Å²) in [5, 5.41) is 3.49. The van der Waals surface area contributed by atoms with E-state index in [4.69, 9.17) is 0 Å². The van der Waals surface area contributed by atoms with Gasteiger partial charge in [0, 0.05) is 36.3 Å². The molecule has 1 N–H and O–H groups in total. The Labute approximate surface area is 129 Å². The number of nitrogens with one attached hydrogen (secondary N) is 1. The summed E-state index contributed by atoms with van der Waals surface area (Å²) in [5.41, 5.74) is 0.755. The lowest BCUT2D eigenvalue weighted by molar-refractivity contribution is 0.0763. The minimum Gasteiger partial charge on any atom is -0.340 e. The lowest BCUT2D eigenvalue weighted by Gasteiger charge is -2.28. The number of hydrogen-bond donors (Lipinski definition) is 1. The van der Waals surface area contributed by atoms with Gasteiger partial charge < -0.3 is 14.8 Å². The Hall–Kier alpha value is -0.810. The summed E-state index contributed by atoms with van der Waals surface area (Å²) in [6.07, 6.45) is 5.64. The van der Waals surface area contributed by atoms with Gasteiger partial charge in [-0.3, -0.25) is 4.79 Å². The fourth-order valence-corrected chi connectivity index (χ4v) is 3.17. The van der Waals surface area contributed by atoms with Gasteiger partial charge in [-0.25, -0.2) is 0 Å². The van der Waals surface area contributed by atoms with E-state index in [0.29, 0.717) is 6.04 Å². The van der Waals surface area contributed by atoms with E-state index in [1.165, 1.54) is 12.8 Å². The molecule has 2 rings (SSSR count). The van der Waals surface area contributed by atoms with Crippen LogP contribution in [0.2, 0.25) is 0 Å². The molecule has 1 atom stereocenters. The van der Waals surface area contributed by atoms with Crippen LogP contribution in [0.1, 0.15) is 49.6 Å². The molecule has 0 aromatic carbocycles. The van der Waals surface area contributed by atoms with Gasteiger partial charge in [0.15, 0.2) is 0 Å². The maximum absolute atomic E-state index is 12.6. The summed E-state index contributed by atoms with van der Waals surface area (Å²) in [4.78, 5) is 14.5. The van der Waals surface area contributed by atoms with Crippen molar-refractivity contribution in [3.8, 4) is 0 Å². The second-order valence-electron chi connectivity index (χ2n) is 5.88. The first-order valence-corrected chi connectivity index (χ1v) is 8.14. The van der Waals surface area contributed by atoms with Gasteiger partial charge in [0.1, 0.15) is 5.69 Å². The fourth-order valence-electron chi connectivity index (χ4n) is 2.73. The number of halogens is 1. The van der Waals surface area contributed by atoms with Crippen LogP contribution in [0.5, 0.6) is 0 Å². The van der Waals surface area contributed by atoms with Crippen LogP contribution >= 0.6 is 15.9 Å². The van der Waals surface area contributed by atoms with Gasteiger partial charge in [-0.15, -0.1) is 0 Å². The summed E-state index contributed by atoms with van der Waals surface area (Å²) in [6, 6.07) is 2.62. The second-order valence-corrected chi connectivity index (χ2v) is 6.79. The molecule has 1 saturated heterocycles. The molecule has 1 aromatic rings. The van der Waals surface area contributed by atoms with Crippen molar-refractivity contribution in [2.24, 2.45) is 0 Å². The van der Waals surface area contributed by atoms with E-state index in [9.17, 15) is 4.79 Å². The van der Waals surface area contributed by atoms with Crippen molar-refractivity contribution in [3.63, 3.8) is 0 Å². The van der Waals surface area contributed by atoms with Gasteiger partial charge in [0.25, 0.3) is 5.91 Å². The largest absolute Gasteiger partial charge is 0.340 e. The molecule has 1 fully saturated rings. The van der Waals surface area contributed by atoms with Crippen molar-refractivity contribution in [2.75, 3.05) is 20.1 Å². The first-order chi connectivity index (χ1) is 9.49. The number of carbonyl (C=O) groups excluding carboxylic acids is 1. The molecule has 0 radical (unpaired) electrons. The van der Waals surface area contributed by atoms with E-state index in [2.05, 4.69) is 35.1 Å². The first-order valence-electron chi connectivity index (χ1n) is 7.35. The van der Waals surface area contributed by atoms with Gasteiger partial charge in [0.05, 0.1) is 0 Å². The molecule has 112 valence electrons. The van der Waals surface area contributed by atoms with Gasteiger partial charge in [0.2, 0.25) is 0 Å². The van der Waals surface area contributed by atoms with E-state index >= 15 is 0 Å². The standard InChI is InChI=1S/C15H24BrN3O/c1-11(2)19-9-12(16)8-14(19)15(20)18(3)10-13-6-4-5-7-17-13/h8-9,11,13,17H,4-7,10H2,1-3H3. The predicted octanol–water partition coefficient (Wildman–Crippen LogP) is 3.05. The molecule has 1 amide bonds. The number of rotatable bonds is 4. The molecule has 1 aliphatic rings. The molecule has 20 heavy (non-hydrogen) atoms. The number of amides is 1. The smallest absolute Gasteiger partial charge is 0.270 e. The van der Waals surface area contributed by atoms with Crippen LogP contribution in [0.3, 0.4) is 0 Å². The van der Waals surface area contributed by atoms with Crippen molar-refractivity contribution >= 4 is 21.8 Å². The monoisotopic (exact) mass is 341 g/mol. The summed E-state index contributed by atoms with van der Waals surface area (Å²) in [6.45, 7) is 6.03. The van der Waals surface area contributed by atoms with Gasteiger partial charge >= 0.3 is 0 Å². The minimum atomic E-state index is 0.0942. The van der Waals surface area contributed by atoms with Gasteiger partial charge in [-0.2, -0.15) is 0 Å². The van der Waals surface area contributed by atoms with E-state index in [1.54, 1.807) is 0 Å². The molecule has 0 saturated carbocycles. The minimum absolute atomic E-state index is 0.0942. The van der Waals surface area contributed by atoms with E-state index in [-0.39, 0.29) is 11.9 Å². The van der Waals surface area contributed by atoms with E-state index in [1.807, 2.05) is 28.8 Å². The summed E-state index contributed by atoms with van der Waals surface area (Å²) >= 11 is 3.46. The van der Waals surface area contributed by atoms with Crippen molar-refractivity contribution in [1.82, 2.24) is 14.8 Å². The zero-order valence-electron chi connectivity index (χ0n) is 12.5. The van der Waals surface area contributed by atoms with Crippen LogP contribution in [0.4, 0.5) is 0 Å². The number of aromatic nitrogens is 1. The Bertz CT molecular complexity index is 464. The van der Waals surface area contributed by atoms with Crippen LogP contribution in [-0.2, 0) is 0 Å². The van der Waals surface area contributed by atoms with Gasteiger partial charge in [-0.1, -0.05) is 6.42 Å². The van der Waals surface area contributed by atoms with Crippen LogP contribution in [0.25, 0.3) is 0 Å². The highest BCUT2D eigenvalue weighted by molar-refractivity contribution is 9.10. The molecular weight excluding hydrogens is 318 g/mol. The number of carbonyl (C=O) groups is 1. The second kappa shape index (κ2) is 6.76. The number of nitrogens with zero attached hydrogens (tertiary/aromatic N) is 2. The highest BCUT2D eigenvalue weighted by Gasteiger charge is 2.22. The summed E-state index contributed by atoms with van der Waals surface area (Å²) < 4.78 is 2.98. The summed E-state index contributed by atoms with van der Waals surface area (Å²) in [5.74, 6) is 0.0942. The molecule has 0 bridgehead atoms. The number of hydrogen-bond acceptors (Lipinski definition) is 2. The quantitative estimate of drug-likeness (QED) is 0.913. The molecule has 0 spiro atoms. The molecule has 2 heterocycles. The number of likely N-dealkylation sites (N-methyl/N-ethyl adjacent to an activating group) is 1. The molecule has 0 aliphatic carbocycles. The predicted molar refractivity (Wildman–Crippen MR) is 85.1 cm³/mol. The highest BCUT2D eigenvalue weighted by atomic mass is 79.9. The lowest BCUT2D eigenvalue weighted by Crippen LogP contribution is -2.44. The summed E-state index contributed by atoms with van der Waals surface area (Å²) in [7, 11) is 1.89. The van der Waals surface area contributed by atoms with Crippen LogP contribution in [0, 0.1) is 0 Å². The Morgan fingerprint density at radius 3 is 2.90 bits per heavy atom. The van der Waals surface area contributed by atoms with E-state index < -0.39 is 0 Å². The average Bonchev–Trinajstić information content (AvgIpc) is 2.81. The lowest BCUT2D eigenvalue weighted by atomic mass is 10.0. The molecular formula is C15H24BrN3O. The maximum Gasteiger partial charge on any atom is 0.270 e. The molecule has 4 nitrogen and oxygen atoms in total. The topological polar surface area (TPSA) is 37.3 Å². The third kappa shape index (κ3) is 3.64. The van der Waals surface area contributed by atoms with Gasteiger partial charge in [-0.05, 0) is 55.2 Å². The molecule has 1 unspecified atom stereocenters. The fraction of sp³-hybridized carbons (Fsp3) is 0.667. The van der Waals surface area contributed by atoms with Crippen molar-refractivity contribution in [2.45, 2.75) is 45.2 Å². The van der Waals surface area contributed by atoms with Crippen LogP contribution in [0.15, 0.2) is 16.7 Å². The van der Waals surface area contributed by atoms with Crippen molar-refractivity contribution in [1.29, 1.82) is 0 Å². The molecule has 1 aliphatic heterocycles. The molecule has 1 aromatic heterocycles. The Kier molecular flexibility index (Phi) is 5.27. The maximum atomic E-state index is 12.6. The Balaban J connectivity index is 2.06.